The summed E-state index contributed by atoms with van der Waals surface area (Å²) in [7, 11) is 0. The maximum absolute atomic E-state index is 10.3. The van der Waals surface area contributed by atoms with Gasteiger partial charge < -0.3 is 10.0 Å². The molecule has 0 saturated carbocycles. The second-order valence-electron chi connectivity index (χ2n) is 1.83. The van der Waals surface area contributed by atoms with E-state index >= 15 is 0 Å². The number of hydrogen-bond donors (Lipinski definition) is 0. The minimum absolute atomic E-state index is 0.148. The summed E-state index contributed by atoms with van der Waals surface area (Å²) in [6.07, 6.45) is 2.12. The van der Waals surface area contributed by atoms with Crippen molar-refractivity contribution in [2.45, 2.75) is 6.92 Å². The second-order valence-corrected chi connectivity index (χ2v) is 1.83. The zero-order valence-corrected chi connectivity index (χ0v) is 6.13. The number of carbonyl (C=O) groups excluding carboxylic acids is 1. The summed E-state index contributed by atoms with van der Waals surface area (Å²) in [5.74, 6) is -0.551. The van der Waals surface area contributed by atoms with E-state index in [0.717, 1.165) is 12.4 Å². The van der Waals surface area contributed by atoms with E-state index in [-0.39, 0.29) is 10.6 Å². The third kappa shape index (κ3) is 2.37. The number of carbonyl (C=O) groups is 1. The van der Waals surface area contributed by atoms with Gasteiger partial charge in [-0.15, -0.1) is 0 Å². The van der Waals surface area contributed by atoms with Gasteiger partial charge in [0.1, 0.15) is 6.21 Å². The number of oxime groups is 1. The molecule has 0 saturated heterocycles. The van der Waals surface area contributed by atoms with Gasteiger partial charge in [-0.05, 0) is 4.90 Å². The standard InChI is InChI=1S/C5H5N3O4/c1-4(9)11-6-2-5-3-8(10)12-7-5/h2-3H,1H3/b6-2+. The molecule has 0 amide bonds. The van der Waals surface area contributed by atoms with Crippen LogP contribution in [0.5, 0.6) is 0 Å². The number of rotatable bonds is 2. The highest BCUT2D eigenvalue weighted by atomic mass is 16.8. The topological polar surface area (TPSA) is 91.6 Å². The Bertz CT molecular complexity index is 305. The lowest BCUT2D eigenvalue weighted by molar-refractivity contribution is -0.802. The molecule has 1 aromatic heterocycles. The first-order chi connectivity index (χ1) is 5.68. The first-order valence-corrected chi connectivity index (χ1v) is 2.96. The molecule has 0 aliphatic carbocycles. The smallest absolute Gasteiger partial charge is 0.331 e. The third-order valence-corrected chi connectivity index (χ3v) is 0.831. The maximum Gasteiger partial charge on any atom is 0.331 e. The minimum Gasteiger partial charge on any atom is -0.360 e. The molecule has 1 aromatic rings. The van der Waals surface area contributed by atoms with Crippen LogP contribution in [0, 0.1) is 5.21 Å². The molecule has 12 heavy (non-hydrogen) atoms. The highest BCUT2D eigenvalue weighted by Gasteiger charge is 2.01. The fourth-order valence-corrected chi connectivity index (χ4v) is 0.454. The zero-order chi connectivity index (χ0) is 8.97. The molecule has 0 atom stereocenters. The van der Waals surface area contributed by atoms with Gasteiger partial charge in [0.05, 0.1) is 0 Å². The van der Waals surface area contributed by atoms with Gasteiger partial charge in [-0.2, -0.15) is 0 Å². The fraction of sp³-hybridized carbons (Fsp3) is 0.200. The highest BCUT2D eigenvalue weighted by Crippen LogP contribution is 1.84. The van der Waals surface area contributed by atoms with Crippen LogP contribution >= 0.6 is 0 Å². The molecule has 0 aliphatic rings. The van der Waals surface area contributed by atoms with Crippen LogP contribution in [0.1, 0.15) is 12.6 Å². The lowest BCUT2D eigenvalue weighted by atomic mass is 10.5. The van der Waals surface area contributed by atoms with E-state index in [2.05, 4.69) is 19.8 Å². The van der Waals surface area contributed by atoms with Gasteiger partial charge in [-0.25, -0.2) is 4.79 Å². The van der Waals surface area contributed by atoms with Crippen LogP contribution in [0.25, 0.3) is 0 Å². The highest BCUT2D eigenvalue weighted by molar-refractivity contribution is 5.76. The van der Waals surface area contributed by atoms with E-state index in [9.17, 15) is 10.0 Å². The van der Waals surface area contributed by atoms with Crippen LogP contribution < -0.4 is 4.90 Å². The Labute approximate surface area is 66.7 Å². The molecular formula is C5H5N3O4. The number of nitrogens with zero attached hydrogens (tertiary/aromatic N) is 3. The predicted octanol–water partition coefficient (Wildman–Crippen LogP) is -0.795. The van der Waals surface area contributed by atoms with Crippen molar-refractivity contribution in [2.24, 2.45) is 5.16 Å². The predicted molar refractivity (Wildman–Crippen MR) is 34.8 cm³/mol. The van der Waals surface area contributed by atoms with Crippen LogP contribution in [0.2, 0.25) is 0 Å². The van der Waals surface area contributed by atoms with E-state index in [0.29, 0.717) is 0 Å². The van der Waals surface area contributed by atoms with Gasteiger partial charge >= 0.3 is 5.97 Å². The van der Waals surface area contributed by atoms with Crippen LogP contribution in [0.15, 0.2) is 16.0 Å². The molecule has 7 nitrogen and oxygen atoms in total. The van der Waals surface area contributed by atoms with Crippen molar-refractivity contribution in [3.05, 3.63) is 17.1 Å². The van der Waals surface area contributed by atoms with Crippen molar-refractivity contribution in [1.29, 1.82) is 0 Å². The molecule has 7 heteroatoms. The first-order valence-electron chi connectivity index (χ1n) is 2.96. The quantitative estimate of drug-likeness (QED) is 0.251. The molecule has 0 aromatic carbocycles. The lowest BCUT2D eigenvalue weighted by Crippen LogP contribution is -2.20. The maximum atomic E-state index is 10.3. The van der Waals surface area contributed by atoms with Crippen molar-refractivity contribution >= 4 is 12.2 Å². The Morgan fingerprint density at radius 2 is 2.75 bits per heavy atom. The summed E-state index contributed by atoms with van der Waals surface area (Å²) >= 11 is 0. The van der Waals surface area contributed by atoms with Gasteiger partial charge in [-0.3, -0.25) is 4.63 Å². The molecule has 0 bridgehead atoms. The number of hydrogen-bond acceptors (Lipinski definition) is 6. The normalized spacial score (nSPS) is 10.4. The van der Waals surface area contributed by atoms with Crippen LogP contribution in [-0.2, 0) is 9.63 Å². The van der Waals surface area contributed by atoms with Crippen molar-refractivity contribution in [2.75, 3.05) is 0 Å². The Hall–Kier alpha value is -1.92. The molecule has 64 valence electrons. The largest absolute Gasteiger partial charge is 0.360 e. The molecule has 0 unspecified atom stereocenters. The molecule has 0 radical (unpaired) electrons. The van der Waals surface area contributed by atoms with Gasteiger partial charge in [0, 0.05) is 12.1 Å². The summed E-state index contributed by atoms with van der Waals surface area (Å²) < 4.78 is 4.10. The zero-order valence-electron chi connectivity index (χ0n) is 6.13. The third-order valence-electron chi connectivity index (χ3n) is 0.831. The van der Waals surface area contributed by atoms with E-state index < -0.39 is 5.97 Å². The average molecular weight is 171 g/mol. The van der Waals surface area contributed by atoms with Gasteiger partial charge in [0.15, 0.2) is 6.20 Å². The van der Waals surface area contributed by atoms with Crippen molar-refractivity contribution < 1.29 is 19.2 Å². The second kappa shape index (κ2) is 3.46. The van der Waals surface area contributed by atoms with Crippen molar-refractivity contribution in [1.82, 2.24) is 5.16 Å². The first kappa shape index (κ1) is 8.18. The molecule has 0 fully saturated rings. The van der Waals surface area contributed by atoms with E-state index in [1.54, 1.807) is 0 Å². The Morgan fingerprint density at radius 1 is 2.00 bits per heavy atom. The molecular weight excluding hydrogens is 166 g/mol. The summed E-state index contributed by atoms with van der Waals surface area (Å²) in [6.45, 7) is 1.20. The fourth-order valence-electron chi connectivity index (χ4n) is 0.454. The molecule has 0 spiro atoms. The minimum atomic E-state index is -0.551. The monoisotopic (exact) mass is 171 g/mol. The van der Waals surface area contributed by atoms with Gasteiger partial charge in [-0.1, -0.05) is 5.16 Å². The Morgan fingerprint density at radius 3 is 3.25 bits per heavy atom. The molecule has 0 aliphatic heterocycles. The molecule has 1 heterocycles. The van der Waals surface area contributed by atoms with E-state index in [1.807, 2.05) is 0 Å². The van der Waals surface area contributed by atoms with E-state index in [4.69, 9.17) is 0 Å². The summed E-state index contributed by atoms with van der Waals surface area (Å²) in [5, 5.41) is 16.8. The van der Waals surface area contributed by atoms with Gasteiger partial charge in [0.2, 0.25) is 0 Å². The Kier molecular flexibility index (Phi) is 2.36. The van der Waals surface area contributed by atoms with Crippen LogP contribution in [0.3, 0.4) is 0 Å². The lowest BCUT2D eigenvalue weighted by Gasteiger charge is -1.83. The summed E-state index contributed by atoms with van der Waals surface area (Å²) in [6, 6.07) is 0. The number of aromatic nitrogens is 2. The Balaban J connectivity index is 2.52. The van der Waals surface area contributed by atoms with Crippen LogP contribution in [0.4, 0.5) is 0 Å². The van der Waals surface area contributed by atoms with Crippen molar-refractivity contribution in [3.63, 3.8) is 0 Å². The van der Waals surface area contributed by atoms with Gasteiger partial charge in [0.25, 0.3) is 5.69 Å². The molecule has 1 rings (SSSR count). The van der Waals surface area contributed by atoms with Crippen molar-refractivity contribution in [3.8, 4) is 0 Å². The summed E-state index contributed by atoms with van der Waals surface area (Å²) in [4.78, 5) is 14.5. The van der Waals surface area contributed by atoms with Crippen LogP contribution in [-0.4, -0.2) is 17.3 Å². The van der Waals surface area contributed by atoms with E-state index in [1.165, 1.54) is 6.92 Å². The summed E-state index contributed by atoms with van der Waals surface area (Å²) in [5.41, 5.74) is 0.172. The SMILES string of the molecule is CC(=O)O/N=C/c1c[n+]([O-])on1. The molecule has 0 N–H and O–H groups in total. The average Bonchev–Trinajstić information content (AvgIpc) is 2.35.